The molecule has 0 aliphatic carbocycles. The molecule has 0 radical (unpaired) electrons. The Morgan fingerprint density at radius 2 is 1.85 bits per heavy atom. The molecule has 1 heterocycles. The van der Waals surface area contributed by atoms with Crippen molar-refractivity contribution in [2.24, 2.45) is 0 Å². The maximum absolute atomic E-state index is 12.3. The average Bonchev–Trinajstić information content (AvgIpc) is 3.06. The van der Waals surface area contributed by atoms with Crippen LogP contribution in [0.3, 0.4) is 0 Å². The first-order valence-corrected chi connectivity index (χ1v) is 8.91. The van der Waals surface area contributed by atoms with E-state index in [1.54, 1.807) is 18.2 Å². The summed E-state index contributed by atoms with van der Waals surface area (Å²) in [7, 11) is 0. The molecule has 0 saturated carbocycles. The summed E-state index contributed by atoms with van der Waals surface area (Å²) in [6, 6.07) is 13.1. The third kappa shape index (κ3) is 4.29. The summed E-state index contributed by atoms with van der Waals surface area (Å²) in [5, 5.41) is 14.1. The van der Waals surface area contributed by atoms with Gasteiger partial charge in [0.1, 0.15) is 4.88 Å². The molecule has 0 fully saturated rings. The van der Waals surface area contributed by atoms with E-state index in [2.05, 4.69) is 5.32 Å². The number of nitrogens with one attached hydrogen (secondary N) is 1. The summed E-state index contributed by atoms with van der Waals surface area (Å²) >= 11 is 1.16. The molecule has 0 aliphatic heterocycles. The van der Waals surface area contributed by atoms with E-state index in [4.69, 9.17) is 4.74 Å². The van der Waals surface area contributed by atoms with Crippen molar-refractivity contribution in [2.75, 3.05) is 5.32 Å². The molecule has 0 bridgehead atoms. The van der Waals surface area contributed by atoms with Crippen molar-refractivity contribution >= 4 is 44.7 Å². The van der Waals surface area contributed by atoms with E-state index in [-0.39, 0.29) is 10.6 Å². The Bertz CT molecular complexity index is 1030. The quantitative estimate of drug-likeness (QED) is 0.402. The van der Waals surface area contributed by atoms with E-state index >= 15 is 0 Å². The second-order valence-corrected chi connectivity index (χ2v) is 7.08. The van der Waals surface area contributed by atoms with Crippen molar-refractivity contribution in [1.29, 1.82) is 0 Å². The van der Waals surface area contributed by atoms with E-state index in [9.17, 15) is 19.7 Å². The second kappa shape index (κ2) is 7.55. The van der Waals surface area contributed by atoms with E-state index < -0.39 is 22.9 Å². The highest BCUT2D eigenvalue weighted by Gasteiger charge is 2.21. The predicted molar refractivity (Wildman–Crippen MR) is 103 cm³/mol. The lowest BCUT2D eigenvalue weighted by atomic mass is 10.2. The van der Waals surface area contributed by atoms with Crippen LogP contribution in [0.1, 0.15) is 22.2 Å². The van der Waals surface area contributed by atoms with E-state index in [0.717, 1.165) is 21.6 Å². The van der Waals surface area contributed by atoms with Gasteiger partial charge in [-0.05, 0) is 38.1 Å². The molecular weight excluding hydrogens is 368 g/mol. The molecular formula is C19H16N2O5S. The first-order chi connectivity index (χ1) is 12.8. The maximum Gasteiger partial charge on any atom is 0.349 e. The fourth-order valence-electron chi connectivity index (χ4n) is 2.40. The molecule has 27 heavy (non-hydrogen) atoms. The molecule has 0 saturated heterocycles. The molecule has 3 aromatic rings. The van der Waals surface area contributed by atoms with Gasteiger partial charge in [0.25, 0.3) is 11.6 Å². The number of thiophene rings is 1. The van der Waals surface area contributed by atoms with Crippen LogP contribution in [-0.2, 0) is 9.53 Å². The number of nitro groups is 1. The van der Waals surface area contributed by atoms with Crippen molar-refractivity contribution in [1.82, 2.24) is 0 Å². The van der Waals surface area contributed by atoms with Crippen molar-refractivity contribution in [3.8, 4) is 0 Å². The van der Waals surface area contributed by atoms with Gasteiger partial charge in [-0.15, -0.1) is 11.3 Å². The van der Waals surface area contributed by atoms with Gasteiger partial charge in [-0.1, -0.05) is 17.7 Å². The number of hydrogen-bond acceptors (Lipinski definition) is 6. The molecule has 1 aromatic heterocycles. The van der Waals surface area contributed by atoms with Crippen LogP contribution in [0.4, 0.5) is 11.4 Å². The second-order valence-electron chi connectivity index (χ2n) is 5.99. The zero-order valence-electron chi connectivity index (χ0n) is 14.6. The number of anilines is 1. The fraction of sp³-hybridized carbons (Fsp3) is 0.158. The number of rotatable bonds is 5. The van der Waals surface area contributed by atoms with Gasteiger partial charge >= 0.3 is 5.97 Å². The molecule has 1 amide bonds. The summed E-state index contributed by atoms with van der Waals surface area (Å²) in [4.78, 5) is 35.1. The molecule has 138 valence electrons. The van der Waals surface area contributed by atoms with Gasteiger partial charge in [-0.25, -0.2) is 4.79 Å². The minimum atomic E-state index is -0.988. The minimum absolute atomic E-state index is 0.0499. The monoisotopic (exact) mass is 384 g/mol. The van der Waals surface area contributed by atoms with Crippen molar-refractivity contribution in [2.45, 2.75) is 20.0 Å². The number of ether oxygens (including phenoxy) is 1. The number of carbonyl (C=O) groups is 2. The van der Waals surface area contributed by atoms with Crippen molar-refractivity contribution in [3.63, 3.8) is 0 Å². The summed E-state index contributed by atoms with van der Waals surface area (Å²) < 4.78 is 5.95. The van der Waals surface area contributed by atoms with Gasteiger partial charge in [0.15, 0.2) is 6.10 Å². The van der Waals surface area contributed by atoms with Gasteiger partial charge in [0.05, 0.1) is 4.92 Å². The number of carbonyl (C=O) groups excluding carboxylic acids is 2. The molecule has 0 aliphatic rings. The molecule has 1 N–H and O–H groups in total. The lowest BCUT2D eigenvalue weighted by Crippen LogP contribution is -2.29. The number of fused-ring (bicyclic) bond motifs is 1. The third-order valence-electron chi connectivity index (χ3n) is 3.88. The Morgan fingerprint density at radius 1 is 1.15 bits per heavy atom. The molecule has 7 nitrogen and oxygen atoms in total. The average molecular weight is 384 g/mol. The lowest BCUT2D eigenvalue weighted by Gasteiger charge is -2.13. The Kier molecular flexibility index (Phi) is 5.18. The van der Waals surface area contributed by atoms with Gasteiger partial charge in [-0.2, -0.15) is 0 Å². The maximum atomic E-state index is 12.3. The van der Waals surface area contributed by atoms with Gasteiger partial charge in [-0.3, -0.25) is 14.9 Å². The van der Waals surface area contributed by atoms with Crippen molar-refractivity contribution in [3.05, 3.63) is 69.1 Å². The minimum Gasteiger partial charge on any atom is -0.448 e. The SMILES string of the molecule is Cc1ccc(NC(=O)[C@@H](C)OC(=O)c2cc3cc([N+](=O)[O-])ccc3s2)cc1. The summed E-state index contributed by atoms with van der Waals surface area (Å²) in [5.74, 6) is -1.09. The molecule has 2 aromatic carbocycles. The zero-order chi connectivity index (χ0) is 19.6. The molecule has 8 heteroatoms. The normalized spacial score (nSPS) is 11.8. The number of esters is 1. The van der Waals surface area contributed by atoms with Gasteiger partial charge < -0.3 is 10.1 Å². The zero-order valence-corrected chi connectivity index (χ0v) is 15.4. The van der Waals surface area contributed by atoms with E-state index in [1.807, 2.05) is 19.1 Å². The van der Waals surface area contributed by atoms with Crippen molar-refractivity contribution < 1.29 is 19.2 Å². The Hall–Kier alpha value is -3.26. The van der Waals surface area contributed by atoms with Gasteiger partial charge in [0.2, 0.25) is 0 Å². The number of amides is 1. The summed E-state index contributed by atoms with van der Waals surface area (Å²) in [6.07, 6.45) is -0.988. The summed E-state index contributed by atoms with van der Waals surface area (Å²) in [5.41, 5.74) is 1.63. The predicted octanol–water partition coefficient (Wildman–Crippen LogP) is 4.30. The number of nitro benzene ring substituents is 1. The van der Waals surface area contributed by atoms with Crippen LogP contribution in [0.15, 0.2) is 48.5 Å². The van der Waals surface area contributed by atoms with Crippen LogP contribution in [0.5, 0.6) is 0 Å². The highest BCUT2D eigenvalue weighted by molar-refractivity contribution is 7.20. The molecule has 0 spiro atoms. The summed E-state index contributed by atoms with van der Waals surface area (Å²) in [6.45, 7) is 3.43. The number of non-ortho nitro benzene ring substituents is 1. The smallest absolute Gasteiger partial charge is 0.349 e. The Morgan fingerprint density at radius 3 is 2.52 bits per heavy atom. The number of hydrogen-bond donors (Lipinski definition) is 1. The first-order valence-electron chi connectivity index (χ1n) is 8.10. The Labute approximate surface area is 158 Å². The van der Waals surface area contributed by atoms with Crippen LogP contribution in [0.2, 0.25) is 0 Å². The topological polar surface area (TPSA) is 98.5 Å². The van der Waals surface area contributed by atoms with E-state index in [0.29, 0.717) is 11.1 Å². The standard InChI is InChI=1S/C19H16N2O5S/c1-11-3-5-14(6-4-11)20-18(22)12(2)26-19(23)17-10-13-9-15(21(24)25)7-8-16(13)27-17/h3-10,12H,1-2H3,(H,20,22)/t12-/m1/s1. The van der Waals surface area contributed by atoms with Crippen LogP contribution in [0, 0.1) is 17.0 Å². The third-order valence-corrected chi connectivity index (χ3v) is 4.98. The number of aryl methyl sites for hydroxylation is 1. The molecule has 1 atom stereocenters. The lowest BCUT2D eigenvalue weighted by molar-refractivity contribution is -0.384. The Balaban J connectivity index is 1.68. The molecule has 3 rings (SSSR count). The first kappa shape index (κ1) is 18.5. The molecule has 0 unspecified atom stereocenters. The highest BCUT2D eigenvalue weighted by atomic mass is 32.1. The highest BCUT2D eigenvalue weighted by Crippen LogP contribution is 2.29. The fourth-order valence-corrected chi connectivity index (χ4v) is 3.32. The van der Waals surface area contributed by atoms with Crippen LogP contribution < -0.4 is 5.32 Å². The number of nitrogens with zero attached hydrogens (tertiary/aromatic N) is 1. The number of benzene rings is 2. The van der Waals surface area contributed by atoms with Gasteiger partial charge in [0, 0.05) is 27.9 Å². The van der Waals surface area contributed by atoms with Crippen LogP contribution in [-0.4, -0.2) is 22.9 Å². The largest absolute Gasteiger partial charge is 0.448 e. The van der Waals surface area contributed by atoms with Crippen LogP contribution >= 0.6 is 11.3 Å². The van der Waals surface area contributed by atoms with E-state index in [1.165, 1.54) is 25.1 Å². The van der Waals surface area contributed by atoms with Crippen LogP contribution in [0.25, 0.3) is 10.1 Å².